The lowest BCUT2D eigenvalue weighted by Crippen LogP contribution is -2.35. The molecule has 0 saturated carbocycles. The third-order valence-corrected chi connectivity index (χ3v) is 4.69. The van der Waals surface area contributed by atoms with Gasteiger partial charge in [0, 0.05) is 6.07 Å². The van der Waals surface area contributed by atoms with E-state index in [1.54, 1.807) is 0 Å². The molecular weight excluding hydrogens is 237 g/mol. The molecule has 17 heavy (non-hydrogen) atoms. The van der Waals surface area contributed by atoms with Gasteiger partial charge in [-0.25, -0.2) is 0 Å². The quantitative estimate of drug-likeness (QED) is 0.600. The first-order valence-corrected chi connectivity index (χ1v) is 7.28. The molecule has 0 amide bonds. The van der Waals surface area contributed by atoms with Gasteiger partial charge >= 0.3 is 7.60 Å². The highest BCUT2D eigenvalue weighted by Gasteiger charge is 2.31. The third kappa shape index (κ3) is 2.78. The Morgan fingerprint density at radius 3 is 2.41 bits per heavy atom. The molecular formula is C12H19NO3P+. The monoisotopic (exact) mass is 256 g/mol. The van der Waals surface area contributed by atoms with Gasteiger partial charge in [0.15, 0.2) is 0 Å². The minimum absolute atomic E-state index is 0.506. The molecule has 0 radical (unpaired) electrons. The van der Waals surface area contributed by atoms with E-state index in [1.165, 1.54) is 0 Å². The average Bonchev–Trinajstić information content (AvgIpc) is 2.29. The predicted molar refractivity (Wildman–Crippen MR) is 69.8 cm³/mol. The summed E-state index contributed by atoms with van der Waals surface area (Å²) in [5.41, 5.74) is 1.08. The van der Waals surface area contributed by atoms with Crippen molar-refractivity contribution >= 4 is 18.6 Å². The summed E-state index contributed by atoms with van der Waals surface area (Å²) in [6.07, 6.45) is 0.805. The van der Waals surface area contributed by atoms with E-state index in [0.717, 1.165) is 12.1 Å². The second kappa shape index (κ2) is 4.54. The molecule has 94 valence electrons. The standard InChI is InChI=1S/C12H19NO3P/c1-13(2,3)11-6-4-7-12(10-11)17(14)15-8-5-9-16-17/h4,6-7,10H,5,8-9H2,1-3H3/q+1. The summed E-state index contributed by atoms with van der Waals surface area (Å²) in [5, 5.41) is 0.655. The van der Waals surface area contributed by atoms with Crippen molar-refractivity contribution in [2.24, 2.45) is 0 Å². The first-order chi connectivity index (χ1) is 7.92. The van der Waals surface area contributed by atoms with E-state index in [0.29, 0.717) is 23.0 Å². The van der Waals surface area contributed by atoms with Gasteiger partial charge in [0.05, 0.1) is 39.7 Å². The topological polar surface area (TPSA) is 35.5 Å². The molecule has 1 heterocycles. The molecule has 4 nitrogen and oxygen atoms in total. The predicted octanol–water partition coefficient (Wildman–Crippen LogP) is 2.14. The van der Waals surface area contributed by atoms with Crippen LogP contribution in [0.3, 0.4) is 0 Å². The summed E-state index contributed by atoms with van der Waals surface area (Å²) in [6.45, 7) is 1.01. The van der Waals surface area contributed by atoms with Crippen LogP contribution >= 0.6 is 7.60 Å². The fraction of sp³-hybridized carbons (Fsp3) is 0.500. The Labute approximate surface area is 102 Å². The fourth-order valence-corrected chi connectivity index (χ4v) is 3.37. The molecule has 1 aromatic rings. The molecule has 1 aromatic carbocycles. The van der Waals surface area contributed by atoms with Gasteiger partial charge in [0.25, 0.3) is 0 Å². The smallest absolute Gasteiger partial charge is 0.305 e. The summed E-state index contributed by atoms with van der Waals surface area (Å²) in [4.78, 5) is 0. The van der Waals surface area contributed by atoms with Gasteiger partial charge in [-0.05, 0) is 18.6 Å². The highest BCUT2D eigenvalue weighted by atomic mass is 31.2. The molecule has 1 fully saturated rings. The van der Waals surface area contributed by atoms with E-state index < -0.39 is 7.60 Å². The van der Waals surface area contributed by atoms with E-state index in [-0.39, 0.29) is 0 Å². The first-order valence-electron chi connectivity index (χ1n) is 5.74. The summed E-state index contributed by atoms with van der Waals surface area (Å²) in [6, 6.07) is 7.63. The molecule has 0 bridgehead atoms. The number of quaternary nitrogens is 1. The molecule has 2 rings (SSSR count). The second-order valence-corrected chi connectivity index (χ2v) is 7.08. The van der Waals surface area contributed by atoms with Gasteiger partial charge in [-0.2, -0.15) is 0 Å². The minimum Gasteiger partial charge on any atom is -0.305 e. The van der Waals surface area contributed by atoms with Crippen molar-refractivity contribution in [2.75, 3.05) is 34.4 Å². The molecule has 0 atom stereocenters. The van der Waals surface area contributed by atoms with Crippen molar-refractivity contribution in [1.82, 2.24) is 4.48 Å². The van der Waals surface area contributed by atoms with Gasteiger partial charge < -0.3 is 9.05 Å². The zero-order chi connectivity index (χ0) is 12.5. The van der Waals surface area contributed by atoms with E-state index in [1.807, 2.05) is 24.3 Å². The van der Waals surface area contributed by atoms with Crippen LogP contribution in [0.5, 0.6) is 0 Å². The molecule has 0 spiro atoms. The van der Waals surface area contributed by atoms with Crippen molar-refractivity contribution in [2.45, 2.75) is 6.42 Å². The summed E-state index contributed by atoms with van der Waals surface area (Å²) >= 11 is 0. The van der Waals surface area contributed by atoms with Crippen LogP contribution in [-0.4, -0.2) is 34.4 Å². The zero-order valence-corrected chi connectivity index (χ0v) is 11.4. The lowest BCUT2D eigenvalue weighted by atomic mass is 10.3. The fourth-order valence-electron chi connectivity index (χ4n) is 1.70. The Bertz CT molecular complexity index is 443. The molecule has 0 N–H and O–H groups in total. The van der Waals surface area contributed by atoms with Gasteiger partial charge in [-0.15, -0.1) is 0 Å². The number of benzene rings is 1. The van der Waals surface area contributed by atoms with Crippen LogP contribution in [0.25, 0.3) is 0 Å². The zero-order valence-electron chi connectivity index (χ0n) is 10.5. The van der Waals surface area contributed by atoms with Crippen LogP contribution < -0.4 is 9.79 Å². The van der Waals surface area contributed by atoms with Crippen molar-refractivity contribution in [1.29, 1.82) is 0 Å². The van der Waals surface area contributed by atoms with Crippen LogP contribution in [0, 0.1) is 0 Å². The lowest BCUT2D eigenvalue weighted by molar-refractivity contribution is 0.154. The van der Waals surface area contributed by atoms with Crippen molar-refractivity contribution in [3.8, 4) is 0 Å². The van der Waals surface area contributed by atoms with E-state index >= 15 is 0 Å². The number of rotatable bonds is 2. The highest BCUT2D eigenvalue weighted by molar-refractivity contribution is 7.62. The van der Waals surface area contributed by atoms with Crippen molar-refractivity contribution in [3.63, 3.8) is 0 Å². The molecule has 5 heteroatoms. The SMILES string of the molecule is C[N+](C)(C)c1cccc(P2(=O)OCCCO2)c1. The first kappa shape index (κ1) is 12.8. The van der Waals surface area contributed by atoms with Crippen LogP contribution in [0.4, 0.5) is 5.69 Å². The van der Waals surface area contributed by atoms with Crippen molar-refractivity contribution in [3.05, 3.63) is 24.3 Å². The van der Waals surface area contributed by atoms with Gasteiger partial charge in [-0.3, -0.25) is 9.05 Å². The average molecular weight is 256 g/mol. The molecule has 0 aromatic heterocycles. The van der Waals surface area contributed by atoms with E-state index in [2.05, 4.69) is 21.1 Å². The summed E-state index contributed by atoms with van der Waals surface area (Å²) in [5.74, 6) is 0. The highest BCUT2D eigenvalue weighted by Crippen LogP contribution is 2.49. The summed E-state index contributed by atoms with van der Waals surface area (Å²) in [7, 11) is 3.13. The molecule has 1 aliphatic rings. The molecule has 1 aliphatic heterocycles. The Kier molecular flexibility index (Phi) is 3.41. The van der Waals surface area contributed by atoms with Crippen LogP contribution in [0.2, 0.25) is 0 Å². The lowest BCUT2D eigenvalue weighted by Gasteiger charge is -2.26. The van der Waals surface area contributed by atoms with E-state index in [9.17, 15) is 4.57 Å². The van der Waals surface area contributed by atoms with Crippen molar-refractivity contribution < 1.29 is 13.6 Å². The third-order valence-electron chi connectivity index (χ3n) is 2.73. The van der Waals surface area contributed by atoms with Crippen LogP contribution in [-0.2, 0) is 13.6 Å². The minimum atomic E-state index is -3.07. The number of nitrogens with zero attached hydrogens (tertiary/aromatic N) is 1. The summed E-state index contributed by atoms with van der Waals surface area (Å²) < 4.78 is 23.8. The molecule has 0 unspecified atom stereocenters. The Hall–Kier alpha value is -0.670. The Morgan fingerprint density at radius 1 is 1.18 bits per heavy atom. The second-order valence-electron chi connectivity index (χ2n) is 5.05. The van der Waals surface area contributed by atoms with E-state index in [4.69, 9.17) is 9.05 Å². The van der Waals surface area contributed by atoms with Gasteiger partial charge in [0.2, 0.25) is 0 Å². The normalized spacial score (nSPS) is 20.2. The van der Waals surface area contributed by atoms with Gasteiger partial charge in [0.1, 0.15) is 5.69 Å². The maximum Gasteiger partial charge on any atom is 0.361 e. The van der Waals surface area contributed by atoms with Gasteiger partial charge in [-0.1, -0.05) is 6.07 Å². The van der Waals surface area contributed by atoms with Crippen LogP contribution in [0.1, 0.15) is 6.42 Å². The Balaban J connectivity index is 2.36. The van der Waals surface area contributed by atoms with Crippen LogP contribution in [0.15, 0.2) is 24.3 Å². The maximum absolute atomic E-state index is 12.5. The number of hydrogen-bond donors (Lipinski definition) is 0. The molecule has 0 aliphatic carbocycles. The largest absolute Gasteiger partial charge is 0.361 e. The Morgan fingerprint density at radius 2 is 1.82 bits per heavy atom. The molecule has 1 saturated heterocycles. The maximum atomic E-state index is 12.5. The number of hydrogen-bond acceptors (Lipinski definition) is 3.